The smallest absolute Gasteiger partial charge is 0.333 e. The van der Waals surface area contributed by atoms with Crippen molar-refractivity contribution >= 4 is 30.9 Å². The maximum Gasteiger partial charge on any atom is 0.333 e. The van der Waals surface area contributed by atoms with Crippen molar-refractivity contribution < 1.29 is 23.5 Å². The predicted molar refractivity (Wildman–Crippen MR) is 139 cm³/mol. The van der Waals surface area contributed by atoms with Gasteiger partial charge in [0.1, 0.15) is 12.4 Å². The fraction of sp³-hybridized carbons (Fsp3) is 0.429. The van der Waals surface area contributed by atoms with E-state index in [-0.39, 0.29) is 17.1 Å². The van der Waals surface area contributed by atoms with Gasteiger partial charge in [-0.25, -0.2) is 4.79 Å². The van der Waals surface area contributed by atoms with Crippen molar-refractivity contribution in [3.63, 3.8) is 0 Å². The molecule has 5 nitrogen and oxygen atoms in total. The van der Waals surface area contributed by atoms with Gasteiger partial charge in [0.25, 0.3) is 8.32 Å². The first kappa shape index (κ1) is 27.7. The third-order valence-electron chi connectivity index (χ3n) is 6.01. The number of carbonyl (C=O) groups is 2. The molecule has 2 rings (SSSR count). The molecule has 0 radical (unpaired) electrons. The van der Waals surface area contributed by atoms with E-state index in [9.17, 15) is 9.59 Å². The van der Waals surface area contributed by atoms with E-state index in [1.165, 1.54) is 0 Å². The lowest BCUT2D eigenvalue weighted by Gasteiger charge is -2.44. The van der Waals surface area contributed by atoms with Crippen molar-refractivity contribution in [2.45, 2.75) is 64.7 Å². The molecular formula is C28H38O5Si. The summed E-state index contributed by atoms with van der Waals surface area (Å²) in [5.41, 5.74) is 0.527. The van der Waals surface area contributed by atoms with Crippen LogP contribution >= 0.6 is 0 Å². The molecular weight excluding hydrogens is 444 g/mol. The van der Waals surface area contributed by atoms with Crippen LogP contribution < -0.4 is 10.4 Å². The van der Waals surface area contributed by atoms with Crippen LogP contribution in [0.2, 0.25) is 5.04 Å². The molecule has 0 heterocycles. The summed E-state index contributed by atoms with van der Waals surface area (Å²) in [5, 5.41) is 2.00. The van der Waals surface area contributed by atoms with Crippen molar-refractivity contribution in [1.29, 1.82) is 0 Å². The quantitative estimate of drug-likeness (QED) is 0.194. The molecule has 2 aromatic carbocycles. The molecule has 0 aliphatic rings. The largest absolute Gasteiger partial charge is 0.463 e. The number of hydrogen-bond acceptors (Lipinski definition) is 5. The Morgan fingerprint density at radius 3 is 1.94 bits per heavy atom. The van der Waals surface area contributed by atoms with Crippen LogP contribution in [0.3, 0.4) is 0 Å². The van der Waals surface area contributed by atoms with Crippen LogP contribution in [-0.4, -0.2) is 46.5 Å². The van der Waals surface area contributed by atoms with Gasteiger partial charge in [0.05, 0.1) is 12.7 Å². The van der Waals surface area contributed by atoms with Gasteiger partial charge in [-0.15, -0.1) is 0 Å². The first-order valence-corrected chi connectivity index (χ1v) is 13.7. The van der Waals surface area contributed by atoms with Gasteiger partial charge in [-0.3, -0.25) is 0 Å². The molecule has 2 aromatic rings. The zero-order valence-electron chi connectivity index (χ0n) is 21.2. The fourth-order valence-electron chi connectivity index (χ4n) is 4.23. The first-order valence-electron chi connectivity index (χ1n) is 11.8. The molecule has 0 bridgehead atoms. The highest BCUT2D eigenvalue weighted by atomic mass is 28.4. The average molecular weight is 483 g/mol. The maximum atomic E-state index is 12.3. The number of hydrogen-bond donors (Lipinski definition) is 0. The SMILES string of the molecule is CCOC(=O)/C(C)=C\CC(CC(C=O)O[Si](c1ccccc1)(c1ccccc1)C(C)(C)C)OC. The summed E-state index contributed by atoms with van der Waals surface area (Å²) in [5.74, 6) is -0.340. The van der Waals surface area contributed by atoms with E-state index in [4.69, 9.17) is 13.9 Å². The number of aldehydes is 1. The third kappa shape index (κ3) is 6.75. The van der Waals surface area contributed by atoms with E-state index in [0.29, 0.717) is 25.0 Å². The molecule has 0 saturated carbocycles. The minimum Gasteiger partial charge on any atom is -0.463 e. The second-order valence-corrected chi connectivity index (χ2v) is 13.6. The molecule has 0 aromatic heterocycles. The van der Waals surface area contributed by atoms with Crippen molar-refractivity contribution in [3.05, 3.63) is 72.3 Å². The molecule has 6 heteroatoms. The molecule has 0 amide bonds. The van der Waals surface area contributed by atoms with Crippen LogP contribution in [0.15, 0.2) is 72.3 Å². The summed E-state index contributed by atoms with van der Waals surface area (Å²) < 4.78 is 17.6. The normalized spacial score (nSPS) is 14.4. The average Bonchev–Trinajstić information content (AvgIpc) is 2.84. The summed E-state index contributed by atoms with van der Waals surface area (Å²) in [4.78, 5) is 24.2. The maximum absolute atomic E-state index is 12.3. The highest BCUT2D eigenvalue weighted by molar-refractivity contribution is 6.99. The van der Waals surface area contributed by atoms with Crippen molar-refractivity contribution in [2.24, 2.45) is 0 Å². The zero-order chi connectivity index (χ0) is 25.2. The fourth-order valence-corrected chi connectivity index (χ4v) is 8.85. The number of benzene rings is 2. The summed E-state index contributed by atoms with van der Waals surface area (Å²) in [6.45, 7) is 10.4. The van der Waals surface area contributed by atoms with Gasteiger partial charge in [0.15, 0.2) is 0 Å². The molecule has 184 valence electrons. The summed E-state index contributed by atoms with van der Waals surface area (Å²) >= 11 is 0. The lowest BCUT2D eigenvalue weighted by atomic mass is 10.1. The van der Waals surface area contributed by atoms with Gasteiger partial charge in [-0.2, -0.15) is 0 Å². The van der Waals surface area contributed by atoms with Gasteiger partial charge in [-0.1, -0.05) is 87.5 Å². The van der Waals surface area contributed by atoms with Gasteiger partial charge in [0.2, 0.25) is 0 Å². The molecule has 0 aliphatic heterocycles. The molecule has 0 N–H and O–H groups in total. The van der Waals surface area contributed by atoms with E-state index < -0.39 is 14.4 Å². The minimum atomic E-state index is -2.86. The monoisotopic (exact) mass is 482 g/mol. The molecule has 2 atom stereocenters. The van der Waals surface area contributed by atoms with E-state index in [1.807, 2.05) is 36.4 Å². The standard InChI is InChI=1S/C28H38O5Si/c1-7-32-27(30)22(2)18-19-23(31-6)20-24(21-29)33-34(28(3,4)5,25-14-10-8-11-15-25)26-16-12-9-13-17-26/h8-18,21,23-24H,7,19-20H2,1-6H3/b22-18-. The Hall–Kier alpha value is -2.54. The van der Waals surface area contributed by atoms with Crippen molar-refractivity contribution in [3.8, 4) is 0 Å². The number of carbonyl (C=O) groups excluding carboxylic acids is 2. The second-order valence-electron chi connectivity index (χ2n) is 9.39. The van der Waals surface area contributed by atoms with Crippen molar-refractivity contribution in [2.75, 3.05) is 13.7 Å². The van der Waals surface area contributed by atoms with Crippen LogP contribution in [0.25, 0.3) is 0 Å². The van der Waals surface area contributed by atoms with Crippen LogP contribution in [0.1, 0.15) is 47.5 Å². The molecule has 0 saturated heterocycles. The second kappa shape index (κ2) is 12.8. The highest BCUT2D eigenvalue weighted by Crippen LogP contribution is 2.37. The Labute approximate surface area is 205 Å². The van der Waals surface area contributed by atoms with Crippen molar-refractivity contribution in [1.82, 2.24) is 0 Å². The number of ether oxygens (including phenoxy) is 2. The predicted octanol–water partition coefficient (Wildman–Crippen LogP) is 4.44. The van der Waals surface area contributed by atoms with Crippen LogP contribution in [0.5, 0.6) is 0 Å². The third-order valence-corrected chi connectivity index (χ3v) is 11.1. The van der Waals surface area contributed by atoms with E-state index in [1.54, 1.807) is 27.0 Å². The summed E-state index contributed by atoms with van der Waals surface area (Å²) in [6.07, 6.45) is 2.61. The summed E-state index contributed by atoms with van der Waals surface area (Å²) in [6, 6.07) is 20.5. The Morgan fingerprint density at radius 2 is 1.53 bits per heavy atom. The number of esters is 1. The molecule has 0 spiro atoms. The first-order chi connectivity index (χ1) is 16.2. The number of methoxy groups -OCH3 is 1. The number of rotatable bonds is 12. The minimum absolute atomic E-state index is 0.236. The Morgan fingerprint density at radius 1 is 1.00 bits per heavy atom. The Kier molecular flexibility index (Phi) is 10.4. The van der Waals surface area contributed by atoms with E-state index in [2.05, 4.69) is 45.0 Å². The van der Waals surface area contributed by atoms with E-state index in [0.717, 1.165) is 16.7 Å². The molecule has 2 unspecified atom stereocenters. The van der Waals surface area contributed by atoms with Gasteiger partial charge in [-0.05, 0) is 35.7 Å². The van der Waals surface area contributed by atoms with Crippen LogP contribution in [0, 0.1) is 0 Å². The van der Waals surface area contributed by atoms with Gasteiger partial charge >= 0.3 is 5.97 Å². The Bertz CT molecular complexity index is 895. The van der Waals surface area contributed by atoms with Crippen LogP contribution in [0.4, 0.5) is 0 Å². The Balaban J connectivity index is 2.40. The lowest BCUT2D eigenvalue weighted by Crippen LogP contribution is -2.68. The summed E-state index contributed by atoms with van der Waals surface area (Å²) in [7, 11) is -1.25. The molecule has 0 fully saturated rings. The van der Waals surface area contributed by atoms with Gasteiger partial charge < -0.3 is 18.7 Å². The van der Waals surface area contributed by atoms with Gasteiger partial charge in [0, 0.05) is 19.1 Å². The highest BCUT2D eigenvalue weighted by Gasteiger charge is 2.51. The molecule has 34 heavy (non-hydrogen) atoms. The van der Waals surface area contributed by atoms with E-state index >= 15 is 0 Å². The topological polar surface area (TPSA) is 61.8 Å². The lowest BCUT2D eigenvalue weighted by molar-refractivity contribution is -0.138. The van der Waals surface area contributed by atoms with Crippen LogP contribution in [-0.2, 0) is 23.5 Å². The molecule has 0 aliphatic carbocycles. The zero-order valence-corrected chi connectivity index (χ0v) is 22.2.